The maximum atomic E-state index is 12.2. The number of carbonyl (C=O) groups is 1. The maximum absolute atomic E-state index is 12.2. The molecule has 4 nitrogen and oxygen atoms in total. The summed E-state index contributed by atoms with van der Waals surface area (Å²) in [6.07, 6.45) is 3.29. The molecule has 20 heavy (non-hydrogen) atoms. The lowest BCUT2D eigenvalue weighted by molar-refractivity contribution is -0.130. The fourth-order valence-corrected chi connectivity index (χ4v) is 2.71. The van der Waals surface area contributed by atoms with E-state index < -0.39 is 0 Å². The number of benzene rings is 1. The molecule has 2 aliphatic rings. The van der Waals surface area contributed by atoms with Crippen molar-refractivity contribution in [2.24, 2.45) is 0 Å². The molecule has 1 amide bonds. The number of hydrogen-bond acceptors (Lipinski definition) is 3. The largest absolute Gasteiger partial charge is 0.494 e. The number of carbonyl (C=O) groups excluding carboxylic acids is 1. The lowest BCUT2D eigenvalue weighted by atomic mass is 10.1. The van der Waals surface area contributed by atoms with E-state index in [1.54, 1.807) is 0 Å². The minimum absolute atomic E-state index is 0.0187. The smallest absolute Gasteiger partial charge is 0.241 e. The zero-order chi connectivity index (χ0) is 14.1. The molecule has 1 aromatic rings. The molecule has 3 rings (SSSR count). The summed E-state index contributed by atoms with van der Waals surface area (Å²) in [6.45, 7) is 4.78. The zero-order valence-corrected chi connectivity index (χ0v) is 12.1. The van der Waals surface area contributed by atoms with Crippen LogP contribution in [-0.2, 0) is 4.79 Å². The number of ether oxygens (including phenoxy) is 1. The first kappa shape index (κ1) is 13.4. The Labute approximate surface area is 120 Å². The van der Waals surface area contributed by atoms with Gasteiger partial charge in [0.05, 0.1) is 12.6 Å². The Morgan fingerprint density at radius 2 is 2.00 bits per heavy atom. The van der Waals surface area contributed by atoms with E-state index in [1.807, 2.05) is 24.0 Å². The Morgan fingerprint density at radius 3 is 2.60 bits per heavy atom. The summed E-state index contributed by atoms with van der Waals surface area (Å²) in [6, 6.07) is 8.45. The van der Waals surface area contributed by atoms with Gasteiger partial charge >= 0.3 is 0 Å². The fraction of sp³-hybridized carbons (Fsp3) is 0.562. The molecule has 0 spiro atoms. The first-order valence-electron chi connectivity index (χ1n) is 7.51. The minimum Gasteiger partial charge on any atom is -0.494 e. The van der Waals surface area contributed by atoms with Gasteiger partial charge in [0, 0.05) is 6.04 Å². The van der Waals surface area contributed by atoms with Gasteiger partial charge in [0.25, 0.3) is 0 Å². The summed E-state index contributed by atoms with van der Waals surface area (Å²) in [5.74, 6) is 1.12. The molecule has 1 aromatic carbocycles. The molecule has 2 unspecified atom stereocenters. The van der Waals surface area contributed by atoms with Crippen molar-refractivity contribution < 1.29 is 9.53 Å². The molecule has 1 N–H and O–H groups in total. The van der Waals surface area contributed by atoms with Gasteiger partial charge in [0.15, 0.2) is 0 Å². The van der Waals surface area contributed by atoms with Crippen LogP contribution in [0.25, 0.3) is 0 Å². The number of hydrogen-bond donors (Lipinski definition) is 1. The highest BCUT2D eigenvalue weighted by Crippen LogP contribution is 2.37. The Kier molecular flexibility index (Phi) is 3.66. The average Bonchev–Trinajstić information content (AvgIpc) is 3.25. The SMILES string of the molecule is CCCOc1ccc(C2NC(C)C(=O)N2C2CC2)cc1. The number of nitrogens with zero attached hydrogens (tertiary/aromatic N) is 1. The molecule has 2 atom stereocenters. The van der Waals surface area contributed by atoms with Gasteiger partial charge in [-0.15, -0.1) is 0 Å². The van der Waals surface area contributed by atoms with Gasteiger partial charge in [0.1, 0.15) is 11.9 Å². The van der Waals surface area contributed by atoms with Crippen LogP contribution in [0.15, 0.2) is 24.3 Å². The highest BCUT2D eigenvalue weighted by molar-refractivity contribution is 5.84. The van der Waals surface area contributed by atoms with E-state index in [2.05, 4.69) is 24.4 Å². The monoisotopic (exact) mass is 274 g/mol. The standard InChI is InChI=1S/C16H22N2O2/c1-3-10-20-14-8-4-12(5-9-14)15-17-11(2)16(19)18(15)13-6-7-13/h4-5,8-9,11,13,15,17H,3,6-7,10H2,1-2H3. The van der Waals surface area contributed by atoms with Crippen LogP contribution in [-0.4, -0.2) is 29.5 Å². The molecule has 1 aliphatic heterocycles. The second-order valence-electron chi connectivity index (χ2n) is 5.69. The molecular weight excluding hydrogens is 252 g/mol. The molecule has 1 aliphatic carbocycles. The molecule has 4 heteroatoms. The molecule has 0 bridgehead atoms. The van der Waals surface area contributed by atoms with Gasteiger partial charge in [-0.3, -0.25) is 10.1 Å². The third kappa shape index (κ3) is 2.52. The Bertz CT molecular complexity index is 482. The Hall–Kier alpha value is -1.55. The molecule has 0 aromatic heterocycles. The van der Waals surface area contributed by atoms with E-state index in [-0.39, 0.29) is 18.1 Å². The summed E-state index contributed by atoms with van der Waals surface area (Å²) in [4.78, 5) is 14.2. The van der Waals surface area contributed by atoms with E-state index in [1.165, 1.54) is 0 Å². The normalized spacial score (nSPS) is 26.1. The predicted octanol–water partition coefficient (Wildman–Crippen LogP) is 2.46. The van der Waals surface area contributed by atoms with Crippen molar-refractivity contribution in [3.8, 4) is 5.75 Å². The van der Waals surface area contributed by atoms with Crippen LogP contribution in [0.2, 0.25) is 0 Å². The van der Waals surface area contributed by atoms with Crippen molar-refractivity contribution >= 4 is 5.91 Å². The van der Waals surface area contributed by atoms with Crippen LogP contribution in [0, 0.1) is 0 Å². The van der Waals surface area contributed by atoms with E-state index in [0.29, 0.717) is 6.04 Å². The molecule has 1 saturated heterocycles. The fourth-order valence-electron chi connectivity index (χ4n) is 2.71. The predicted molar refractivity (Wildman–Crippen MR) is 77.4 cm³/mol. The van der Waals surface area contributed by atoms with Crippen molar-refractivity contribution in [1.29, 1.82) is 0 Å². The van der Waals surface area contributed by atoms with Gasteiger partial charge < -0.3 is 9.64 Å². The summed E-state index contributed by atoms with van der Waals surface area (Å²) in [7, 11) is 0. The topological polar surface area (TPSA) is 41.6 Å². The van der Waals surface area contributed by atoms with E-state index >= 15 is 0 Å². The van der Waals surface area contributed by atoms with Gasteiger partial charge in [-0.2, -0.15) is 0 Å². The summed E-state index contributed by atoms with van der Waals surface area (Å²) in [5.41, 5.74) is 1.14. The molecule has 2 fully saturated rings. The number of rotatable bonds is 5. The third-order valence-electron chi connectivity index (χ3n) is 3.92. The van der Waals surface area contributed by atoms with Crippen molar-refractivity contribution in [3.05, 3.63) is 29.8 Å². The van der Waals surface area contributed by atoms with Crippen molar-refractivity contribution in [2.75, 3.05) is 6.61 Å². The van der Waals surface area contributed by atoms with Gasteiger partial charge in [-0.1, -0.05) is 19.1 Å². The lowest BCUT2D eigenvalue weighted by Gasteiger charge is -2.24. The van der Waals surface area contributed by atoms with Crippen LogP contribution < -0.4 is 10.1 Å². The van der Waals surface area contributed by atoms with E-state index in [0.717, 1.165) is 37.2 Å². The van der Waals surface area contributed by atoms with Crippen molar-refractivity contribution in [1.82, 2.24) is 10.2 Å². The van der Waals surface area contributed by atoms with Crippen LogP contribution >= 0.6 is 0 Å². The van der Waals surface area contributed by atoms with E-state index in [9.17, 15) is 4.79 Å². The molecule has 0 radical (unpaired) electrons. The number of nitrogens with one attached hydrogen (secondary N) is 1. The zero-order valence-electron chi connectivity index (χ0n) is 12.1. The first-order chi connectivity index (χ1) is 9.70. The van der Waals surface area contributed by atoms with Crippen LogP contribution in [0.3, 0.4) is 0 Å². The van der Waals surface area contributed by atoms with Crippen molar-refractivity contribution in [3.63, 3.8) is 0 Å². The van der Waals surface area contributed by atoms with Gasteiger partial charge in [-0.25, -0.2) is 0 Å². The third-order valence-corrected chi connectivity index (χ3v) is 3.92. The van der Waals surface area contributed by atoms with Gasteiger partial charge in [-0.05, 0) is 43.9 Å². The summed E-state index contributed by atoms with van der Waals surface area (Å²) >= 11 is 0. The Balaban J connectivity index is 1.76. The molecular formula is C16H22N2O2. The van der Waals surface area contributed by atoms with Crippen LogP contribution in [0.1, 0.15) is 44.8 Å². The second kappa shape index (κ2) is 5.44. The quantitative estimate of drug-likeness (QED) is 0.896. The van der Waals surface area contributed by atoms with Crippen LogP contribution in [0.5, 0.6) is 5.75 Å². The average molecular weight is 274 g/mol. The Morgan fingerprint density at radius 1 is 1.30 bits per heavy atom. The van der Waals surface area contributed by atoms with E-state index in [4.69, 9.17) is 4.74 Å². The second-order valence-corrected chi connectivity index (χ2v) is 5.69. The summed E-state index contributed by atoms with van der Waals surface area (Å²) in [5, 5.41) is 3.39. The van der Waals surface area contributed by atoms with Crippen LogP contribution in [0.4, 0.5) is 0 Å². The summed E-state index contributed by atoms with van der Waals surface area (Å²) < 4.78 is 5.60. The minimum atomic E-state index is -0.0865. The lowest BCUT2D eigenvalue weighted by Crippen LogP contribution is -2.32. The van der Waals surface area contributed by atoms with Gasteiger partial charge in [0.2, 0.25) is 5.91 Å². The van der Waals surface area contributed by atoms with Crippen molar-refractivity contribution in [2.45, 2.75) is 51.4 Å². The first-order valence-corrected chi connectivity index (χ1v) is 7.51. The highest BCUT2D eigenvalue weighted by atomic mass is 16.5. The highest BCUT2D eigenvalue weighted by Gasteiger charge is 2.44. The molecule has 1 heterocycles. The number of amides is 1. The molecule has 108 valence electrons. The molecule has 1 saturated carbocycles. The maximum Gasteiger partial charge on any atom is 0.241 e.